The van der Waals surface area contributed by atoms with Gasteiger partial charge in [-0.15, -0.1) is 0 Å². The number of nitrogens with zero attached hydrogens (tertiary/aromatic N) is 1. The van der Waals surface area contributed by atoms with Crippen LogP contribution in [0.4, 0.5) is 36.8 Å². The summed E-state index contributed by atoms with van der Waals surface area (Å²) in [6.07, 6.45) is -9.48. The zero-order valence-electron chi connectivity index (χ0n) is 15.6. The molecule has 10 heteroatoms. The van der Waals surface area contributed by atoms with E-state index in [-0.39, 0.29) is 32.0 Å². The Morgan fingerprint density at radius 1 is 0.964 bits per heavy atom. The summed E-state index contributed by atoms with van der Waals surface area (Å²) in [7, 11) is 0. The number of hydrogen-bond acceptors (Lipinski definition) is 2. The van der Waals surface area contributed by atoms with Gasteiger partial charge >= 0.3 is 18.4 Å². The summed E-state index contributed by atoms with van der Waals surface area (Å²) < 4.78 is 77.4. The van der Waals surface area contributed by atoms with Crippen molar-refractivity contribution in [3.8, 4) is 0 Å². The number of aliphatic hydroxyl groups is 1. The molecule has 0 atom stereocenters. The second kappa shape index (κ2) is 7.13. The van der Waals surface area contributed by atoms with Crippen LogP contribution < -0.4 is 5.32 Å². The lowest BCUT2D eigenvalue weighted by Gasteiger charge is -2.46. The van der Waals surface area contributed by atoms with Crippen LogP contribution in [0.3, 0.4) is 0 Å². The molecule has 0 bridgehead atoms. The van der Waals surface area contributed by atoms with Gasteiger partial charge in [-0.2, -0.15) is 26.3 Å². The third kappa shape index (κ3) is 4.89. The number of hydrogen-bond donors (Lipinski definition) is 2. The first-order chi connectivity index (χ1) is 12.5. The smallest absolute Gasteiger partial charge is 0.389 e. The van der Waals surface area contributed by atoms with Gasteiger partial charge < -0.3 is 15.3 Å². The molecular weight excluding hydrogens is 390 g/mol. The highest BCUT2D eigenvalue weighted by Crippen LogP contribution is 2.39. The van der Waals surface area contributed by atoms with E-state index < -0.39 is 46.2 Å². The summed E-state index contributed by atoms with van der Waals surface area (Å²) in [4.78, 5) is 13.6. The molecule has 0 spiro atoms. The number of amides is 2. The van der Waals surface area contributed by atoms with Crippen molar-refractivity contribution < 1.29 is 36.2 Å². The largest absolute Gasteiger partial charge is 0.416 e. The number of likely N-dealkylation sites (tertiary alicyclic amines) is 1. The Hall–Kier alpha value is -1.97. The normalized spacial score (nSPS) is 18.1. The van der Waals surface area contributed by atoms with Crippen LogP contribution in [0, 0.1) is 5.41 Å². The van der Waals surface area contributed by atoms with E-state index in [1.165, 1.54) is 4.90 Å². The fourth-order valence-corrected chi connectivity index (χ4v) is 3.06. The quantitative estimate of drug-likeness (QED) is 0.629. The maximum absolute atomic E-state index is 12.9. The summed E-state index contributed by atoms with van der Waals surface area (Å²) >= 11 is 0. The average Bonchev–Trinajstić information content (AvgIpc) is 2.52. The van der Waals surface area contributed by atoms with E-state index >= 15 is 0 Å². The first kappa shape index (κ1) is 22.3. The summed E-state index contributed by atoms with van der Waals surface area (Å²) in [6, 6.07) is 0.105. The van der Waals surface area contributed by atoms with Crippen molar-refractivity contribution in [3.05, 3.63) is 29.3 Å². The molecule has 2 N–H and O–H groups in total. The molecule has 158 valence electrons. The minimum atomic E-state index is -4.99. The van der Waals surface area contributed by atoms with Crippen LogP contribution in [0.25, 0.3) is 0 Å². The minimum absolute atomic E-state index is 0.00000372. The molecule has 1 aromatic carbocycles. The predicted octanol–water partition coefficient (Wildman–Crippen LogP) is 5.13. The van der Waals surface area contributed by atoms with Crippen molar-refractivity contribution in [3.63, 3.8) is 0 Å². The first-order valence-electron chi connectivity index (χ1n) is 8.61. The number of piperidine rings is 1. The van der Waals surface area contributed by atoms with E-state index in [9.17, 15) is 36.2 Å². The van der Waals surface area contributed by atoms with Gasteiger partial charge in [0.25, 0.3) is 0 Å². The SMILES string of the molecule is CC(C)(C)C1(O)CCN(C(=O)Nc2cc(C(F)(F)F)cc(C(F)(F)F)c2)CC1. The molecule has 0 aliphatic carbocycles. The standard InChI is InChI=1S/C18H22F6N2O2/c1-15(2,3)16(28)4-6-26(7-5-16)14(27)25-13-9-11(17(19,20)21)8-12(10-13)18(22,23)24/h8-10,28H,4-7H2,1-3H3,(H,25,27). The summed E-state index contributed by atoms with van der Waals surface area (Å²) in [5.41, 5.74) is -5.04. The number of rotatable bonds is 1. The second-order valence-electron chi connectivity index (χ2n) is 7.99. The number of alkyl halides is 6. The van der Waals surface area contributed by atoms with Crippen LogP contribution in [0.1, 0.15) is 44.7 Å². The molecule has 4 nitrogen and oxygen atoms in total. The summed E-state index contributed by atoms with van der Waals surface area (Å²) in [5, 5.41) is 12.7. The van der Waals surface area contributed by atoms with Gasteiger partial charge in [-0.05, 0) is 36.5 Å². The highest BCUT2D eigenvalue weighted by Gasteiger charge is 2.43. The second-order valence-corrected chi connectivity index (χ2v) is 7.99. The molecule has 0 unspecified atom stereocenters. The van der Waals surface area contributed by atoms with Crippen LogP contribution in [-0.2, 0) is 12.4 Å². The summed E-state index contributed by atoms with van der Waals surface area (Å²) in [6.45, 7) is 5.81. The van der Waals surface area contributed by atoms with Crippen molar-refractivity contribution in [2.75, 3.05) is 18.4 Å². The lowest BCUT2D eigenvalue weighted by molar-refractivity contribution is -0.143. The van der Waals surface area contributed by atoms with E-state index in [4.69, 9.17) is 0 Å². The minimum Gasteiger partial charge on any atom is -0.389 e. The molecule has 1 aromatic rings. The molecule has 1 fully saturated rings. The lowest BCUT2D eigenvalue weighted by atomic mass is 9.71. The Morgan fingerprint density at radius 2 is 1.39 bits per heavy atom. The van der Waals surface area contributed by atoms with Gasteiger partial charge in [-0.3, -0.25) is 0 Å². The van der Waals surface area contributed by atoms with Crippen molar-refractivity contribution in [2.45, 2.75) is 51.6 Å². The molecule has 28 heavy (non-hydrogen) atoms. The van der Waals surface area contributed by atoms with E-state index in [2.05, 4.69) is 5.32 Å². The van der Waals surface area contributed by atoms with Crippen molar-refractivity contribution in [1.29, 1.82) is 0 Å². The zero-order chi connectivity index (χ0) is 21.5. The number of benzene rings is 1. The third-order valence-corrected chi connectivity index (χ3v) is 5.11. The third-order valence-electron chi connectivity index (χ3n) is 5.11. The average molecular weight is 412 g/mol. The fraction of sp³-hybridized carbons (Fsp3) is 0.611. The molecule has 1 saturated heterocycles. The Balaban J connectivity index is 2.18. The van der Waals surface area contributed by atoms with Crippen molar-refractivity contribution in [2.24, 2.45) is 5.41 Å². The number of anilines is 1. The van der Waals surface area contributed by atoms with Gasteiger partial charge in [0.2, 0.25) is 0 Å². The van der Waals surface area contributed by atoms with E-state index in [1.54, 1.807) is 0 Å². The predicted molar refractivity (Wildman–Crippen MR) is 90.7 cm³/mol. The van der Waals surface area contributed by atoms with Gasteiger partial charge in [-0.1, -0.05) is 20.8 Å². The Kier molecular flexibility index (Phi) is 5.68. The molecule has 0 aromatic heterocycles. The number of nitrogens with one attached hydrogen (secondary N) is 1. The summed E-state index contributed by atoms with van der Waals surface area (Å²) in [5.74, 6) is 0. The number of carbonyl (C=O) groups is 1. The highest BCUT2D eigenvalue weighted by atomic mass is 19.4. The van der Waals surface area contributed by atoms with Gasteiger partial charge in [0, 0.05) is 18.8 Å². The molecule has 0 radical (unpaired) electrons. The number of halogens is 6. The number of carbonyl (C=O) groups excluding carboxylic acids is 1. The first-order valence-corrected chi connectivity index (χ1v) is 8.61. The molecule has 1 aliphatic rings. The maximum Gasteiger partial charge on any atom is 0.416 e. The lowest BCUT2D eigenvalue weighted by Crippen LogP contribution is -2.53. The van der Waals surface area contributed by atoms with Crippen LogP contribution in [-0.4, -0.2) is 34.7 Å². The highest BCUT2D eigenvalue weighted by molar-refractivity contribution is 5.89. The van der Waals surface area contributed by atoms with E-state index in [1.807, 2.05) is 20.8 Å². The molecule has 0 saturated carbocycles. The molecule has 2 amide bonds. The molecule has 1 aliphatic heterocycles. The van der Waals surface area contributed by atoms with E-state index in [0.29, 0.717) is 12.1 Å². The molecular formula is C18H22F6N2O2. The van der Waals surface area contributed by atoms with Gasteiger partial charge in [0.05, 0.1) is 16.7 Å². The zero-order valence-corrected chi connectivity index (χ0v) is 15.6. The van der Waals surface area contributed by atoms with Crippen molar-refractivity contribution in [1.82, 2.24) is 4.90 Å². The van der Waals surface area contributed by atoms with E-state index in [0.717, 1.165) is 0 Å². The molecule has 2 rings (SSSR count). The number of urea groups is 1. The molecule has 1 heterocycles. The fourth-order valence-electron chi connectivity index (χ4n) is 3.06. The van der Waals surface area contributed by atoms with Gasteiger partial charge in [0.15, 0.2) is 0 Å². The Labute approximate surface area is 158 Å². The van der Waals surface area contributed by atoms with Crippen LogP contribution in [0.15, 0.2) is 18.2 Å². The van der Waals surface area contributed by atoms with Crippen LogP contribution in [0.5, 0.6) is 0 Å². The topological polar surface area (TPSA) is 52.6 Å². The van der Waals surface area contributed by atoms with Crippen molar-refractivity contribution >= 4 is 11.7 Å². The Morgan fingerprint density at radius 3 is 1.75 bits per heavy atom. The monoisotopic (exact) mass is 412 g/mol. The van der Waals surface area contributed by atoms with Crippen LogP contribution >= 0.6 is 0 Å². The Bertz CT molecular complexity index is 697. The van der Waals surface area contributed by atoms with Gasteiger partial charge in [-0.25, -0.2) is 4.79 Å². The van der Waals surface area contributed by atoms with Gasteiger partial charge in [0.1, 0.15) is 0 Å². The van der Waals surface area contributed by atoms with Crippen LogP contribution in [0.2, 0.25) is 0 Å². The maximum atomic E-state index is 12.9.